The first-order valence-electron chi connectivity index (χ1n) is 7.66. The zero-order valence-corrected chi connectivity index (χ0v) is 14.5. The summed E-state index contributed by atoms with van der Waals surface area (Å²) >= 11 is 3.56. The van der Waals surface area contributed by atoms with Crippen LogP contribution in [0.5, 0.6) is 0 Å². The molecular formula is C16H21BrN4O. The maximum atomic E-state index is 12.5. The van der Waals surface area contributed by atoms with Crippen molar-refractivity contribution in [3.63, 3.8) is 0 Å². The van der Waals surface area contributed by atoms with Gasteiger partial charge in [0.2, 0.25) is 5.91 Å². The van der Waals surface area contributed by atoms with Crippen molar-refractivity contribution in [2.45, 2.75) is 37.3 Å². The Morgan fingerprint density at radius 2 is 2.27 bits per heavy atom. The summed E-state index contributed by atoms with van der Waals surface area (Å²) in [6.45, 7) is 4.33. The summed E-state index contributed by atoms with van der Waals surface area (Å²) in [7, 11) is 1.85. The standard InChI is InChI=1S/C16H21BrN4O/c1-3-21-14-7-5-4-6-12(14)19-15(21)10-20(2)16(22)13-8-11(17)9-18-13/h4-7,11,13,18H,3,8-10H2,1-2H3. The van der Waals surface area contributed by atoms with Crippen LogP contribution in [-0.2, 0) is 17.9 Å². The minimum Gasteiger partial charge on any atom is -0.337 e. The SMILES string of the molecule is CCn1c(CN(C)C(=O)C2CC(Br)CN2)nc2ccccc21. The van der Waals surface area contributed by atoms with Crippen LogP contribution in [0.3, 0.4) is 0 Å². The van der Waals surface area contributed by atoms with Crippen molar-refractivity contribution in [1.82, 2.24) is 19.8 Å². The van der Waals surface area contributed by atoms with E-state index in [0.717, 1.165) is 36.4 Å². The Bertz CT molecular complexity index is 684. The summed E-state index contributed by atoms with van der Waals surface area (Å²) in [6, 6.07) is 8.01. The third-order valence-corrected chi connectivity index (χ3v) is 4.88. The molecule has 118 valence electrons. The van der Waals surface area contributed by atoms with E-state index in [1.807, 2.05) is 25.2 Å². The van der Waals surface area contributed by atoms with Crippen LogP contribution in [-0.4, -0.2) is 44.8 Å². The molecule has 1 fully saturated rings. The highest BCUT2D eigenvalue weighted by Crippen LogP contribution is 2.19. The number of halogens is 1. The highest BCUT2D eigenvalue weighted by atomic mass is 79.9. The number of para-hydroxylation sites is 2. The number of hydrogen-bond acceptors (Lipinski definition) is 3. The zero-order valence-electron chi connectivity index (χ0n) is 12.9. The van der Waals surface area contributed by atoms with Gasteiger partial charge in [-0.2, -0.15) is 0 Å². The number of aryl methyl sites for hydroxylation is 1. The molecule has 0 bridgehead atoms. The Morgan fingerprint density at radius 1 is 1.50 bits per heavy atom. The number of rotatable bonds is 4. The van der Waals surface area contributed by atoms with Gasteiger partial charge in [0, 0.05) is 25.0 Å². The smallest absolute Gasteiger partial charge is 0.239 e. The number of alkyl halides is 1. The van der Waals surface area contributed by atoms with Gasteiger partial charge >= 0.3 is 0 Å². The molecule has 5 nitrogen and oxygen atoms in total. The molecule has 1 amide bonds. The van der Waals surface area contributed by atoms with E-state index in [0.29, 0.717) is 11.4 Å². The van der Waals surface area contributed by atoms with Gasteiger partial charge in [-0.15, -0.1) is 0 Å². The van der Waals surface area contributed by atoms with Crippen molar-refractivity contribution in [3.8, 4) is 0 Å². The maximum absolute atomic E-state index is 12.5. The van der Waals surface area contributed by atoms with Crippen LogP contribution in [0, 0.1) is 0 Å². The molecular weight excluding hydrogens is 344 g/mol. The van der Waals surface area contributed by atoms with Gasteiger partial charge in [-0.3, -0.25) is 4.79 Å². The van der Waals surface area contributed by atoms with E-state index in [1.54, 1.807) is 4.90 Å². The second-order valence-corrected chi connectivity index (χ2v) is 7.04. The summed E-state index contributed by atoms with van der Waals surface area (Å²) in [5.41, 5.74) is 2.11. The average molecular weight is 365 g/mol. The van der Waals surface area contributed by atoms with E-state index < -0.39 is 0 Å². The number of nitrogens with one attached hydrogen (secondary N) is 1. The Kier molecular flexibility index (Phi) is 4.49. The van der Waals surface area contributed by atoms with Crippen LogP contribution in [0.2, 0.25) is 0 Å². The normalized spacial score (nSPS) is 21.4. The van der Waals surface area contributed by atoms with E-state index >= 15 is 0 Å². The van der Waals surface area contributed by atoms with Crippen LogP contribution < -0.4 is 5.32 Å². The lowest BCUT2D eigenvalue weighted by Crippen LogP contribution is -2.41. The molecule has 1 N–H and O–H groups in total. The Balaban J connectivity index is 1.79. The Labute approximate surface area is 138 Å². The molecule has 2 atom stereocenters. The van der Waals surface area contributed by atoms with Crippen molar-refractivity contribution in [1.29, 1.82) is 0 Å². The number of carbonyl (C=O) groups is 1. The third-order valence-electron chi connectivity index (χ3n) is 4.18. The lowest BCUT2D eigenvalue weighted by molar-refractivity contribution is -0.132. The molecule has 22 heavy (non-hydrogen) atoms. The number of fused-ring (bicyclic) bond motifs is 1. The molecule has 0 radical (unpaired) electrons. The number of amides is 1. The van der Waals surface area contributed by atoms with E-state index in [-0.39, 0.29) is 11.9 Å². The van der Waals surface area contributed by atoms with Crippen LogP contribution in [0.4, 0.5) is 0 Å². The largest absolute Gasteiger partial charge is 0.337 e. The summed E-state index contributed by atoms with van der Waals surface area (Å²) in [5.74, 6) is 1.07. The fourth-order valence-corrected chi connectivity index (χ4v) is 3.60. The van der Waals surface area contributed by atoms with Gasteiger partial charge in [0.25, 0.3) is 0 Å². The quantitative estimate of drug-likeness (QED) is 0.845. The molecule has 0 spiro atoms. The van der Waals surface area contributed by atoms with Crippen LogP contribution in [0.1, 0.15) is 19.2 Å². The van der Waals surface area contributed by atoms with Crippen LogP contribution in [0.25, 0.3) is 11.0 Å². The number of aromatic nitrogens is 2. The minimum atomic E-state index is -0.0890. The minimum absolute atomic E-state index is 0.0890. The summed E-state index contributed by atoms with van der Waals surface area (Å²) < 4.78 is 2.18. The molecule has 0 aliphatic carbocycles. The fourth-order valence-electron chi connectivity index (χ4n) is 3.04. The first kappa shape index (κ1) is 15.5. The summed E-state index contributed by atoms with van der Waals surface area (Å²) in [6.07, 6.45) is 0.841. The molecule has 2 heterocycles. The summed E-state index contributed by atoms with van der Waals surface area (Å²) in [4.78, 5) is 19.4. The van der Waals surface area contributed by atoms with Gasteiger partial charge in [0.15, 0.2) is 0 Å². The Morgan fingerprint density at radius 3 is 2.95 bits per heavy atom. The molecule has 0 saturated carbocycles. The highest BCUT2D eigenvalue weighted by molar-refractivity contribution is 9.09. The lowest BCUT2D eigenvalue weighted by Gasteiger charge is -2.21. The molecule has 1 aliphatic heterocycles. The zero-order chi connectivity index (χ0) is 15.7. The molecule has 3 rings (SSSR count). The van der Waals surface area contributed by atoms with E-state index in [4.69, 9.17) is 0 Å². The molecule has 1 saturated heterocycles. The average Bonchev–Trinajstić information content (AvgIpc) is 3.09. The van der Waals surface area contributed by atoms with Gasteiger partial charge in [-0.05, 0) is 25.5 Å². The van der Waals surface area contributed by atoms with Crippen LogP contribution >= 0.6 is 15.9 Å². The van der Waals surface area contributed by atoms with Gasteiger partial charge in [-0.1, -0.05) is 28.1 Å². The monoisotopic (exact) mass is 364 g/mol. The first-order valence-corrected chi connectivity index (χ1v) is 8.58. The van der Waals surface area contributed by atoms with Crippen molar-refractivity contribution in [3.05, 3.63) is 30.1 Å². The van der Waals surface area contributed by atoms with Gasteiger partial charge in [0.1, 0.15) is 5.82 Å². The molecule has 1 aromatic heterocycles. The van der Waals surface area contributed by atoms with E-state index in [1.165, 1.54) is 0 Å². The number of imidazole rings is 1. The van der Waals surface area contributed by atoms with Crippen molar-refractivity contribution in [2.75, 3.05) is 13.6 Å². The third kappa shape index (κ3) is 2.90. The second kappa shape index (κ2) is 6.38. The second-order valence-electron chi connectivity index (χ2n) is 5.75. The van der Waals surface area contributed by atoms with Gasteiger partial charge < -0.3 is 14.8 Å². The van der Waals surface area contributed by atoms with Gasteiger partial charge in [-0.25, -0.2) is 4.98 Å². The number of likely N-dealkylation sites (N-methyl/N-ethyl adjacent to an activating group) is 1. The molecule has 2 aromatic rings. The summed E-state index contributed by atoms with van der Waals surface area (Å²) in [5, 5.41) is 3.26. The lowest BCUT2D eigenvalue weighted by atomic mass is 10.2. The topological polar surface area (TPSA) is 50.2 Å². The number of benzene rings is 1. The van der Waals surface area contributed by atoms with Gasteiger partial charge in [0.05, 0.1) is 23.6 Å². The predicted octanol–water partition coefficient (Wildman–Crippen LogP) is 2.14. The van der Waals surface area contributed by atoms with E-state index in [2.05, 4.69) is 43.8 Å². The first-order chi connectivity index (χ1) is 10.6. The van der Waals surface area contributed by atoms with Crippen LogP contribution in [0.15, 0.2) is 24.3 Å². The predicted molar refractivity (Wildman–Crippen MR) is 91.0 cm³/mol. The van der Waals surface area contributed by atoms with Crippen molar-refractivity contribution in [2.24, 2.45) is 0 Å². The maximum Gasteiger partial charge on any atom is 0.239 e. The van der Waals surface area contributed by atoms with E-state index in [9.17, 15) is 4.79 Å². The molecule has 6 heteroatoms. The molecule has 1 aliphatic rings. The molecule has 2 unspecified atom stereocenters. The highest BCUT2D eigenvalue weighted by Gasteiger charge is 2.30. The number of hydrogen-bond donors (Lipinski definition) is 1. The fraction of sp³-hybridized carbons (Fsp3) is 0.500. The van der Waals surface area contributed by atoms with Crippen molar-refractivity contribution >= 4 is 32.9 Å². The Hall–Kier alpha value is -1.40. The number of nitrogens with zero attached hydrogens (tertiary/aromatic N) is 3. The van der Waals surface area contributed by atoms with Crippen molar-refractivity contribution < 1.29 is 4.79 Å². The molecule has 1 aromatic carbocycles. The number of carbonyl (C=O) groups excluding carboxylic acids is 1.